The van der Waals surface area contributed by atoms with E-state index in [-0.39, 0.29) is 18.9 Å². The number of nitrogens with two attached hydrogens (primary N) is 5. The van der Waals surface area contributed by atoms with E-state index in [1.807, 2.05) is 0 Å². The van der Waals surface area contributed by atoms with Crippen LogP contribution in [0.15, 0.2) is 4.99 Å². The first-order valence-corrected chi connectivity index (χ1v) is 11.4. The highest BCUT2D eigenvalue weighted by Crippen LogP contribution is 2.32. The van der Waals surface area contributed by atoms with Crippen molar-refractivity contribution in [3.05, 3.63) is 0 Å². The Bertz CT molecular complexity index is 732. The average molecular weight is 511 g/mol. The number of hydrogen-bond acceptors (Lipinski definition) is 14. The second kappa shape index (κ2) is 11.4. The molecule has 16 nitrogen and oxygen atoms in total. The standard InChI is InChI=1S/C19H38N6O10/c1-4(26)14-12(30)11(29)8(22)17(33-14)34-15-6(21)2-5(20)9(27)16(15)35-18-13(31)10(28)7(32-18)3-25-19(23)24/h4-18,26-31H,2-3,20-22H2,1H3,(H4,23,24,25)/t4-,5-,6?,7-,8?,9?,10+,11-,12+,13?,14?,15-,16-,17-,18+/m1/s1. The fraction of sp³-hybridized carbons (Fsp3) is 0.947. The Hall–Kier alpha value is -1.25. The molecule has 0 aromatic rings. The van der Waals surface area contributed by atoms with Gasteiger partial charge in [-0.05, 0) is 13.3 Å². The normalized spacial score (nSPS) is 49.5. The van der Waals surface area contributed by atoms with Crippen molar-refractivity contribution in [2.75, 3.05) is 6.54 Å². The fourth-order valence-corrected chi connectivity index (χ4v) is 4.52. The van der Waals surface area contributed by atoms with Crippen molar-refractivity contribution in [3.8, 4) is 0 Å². The number of aliphatic hydroxyl groups is 6. The van der Waals surface area contributed by atoms with Gasteiger partial charge in [0.05, 0.1) is 24.8 Å². The summed E-state index contributed by atoms with van der Waals surface area (Å²) in [5.74, 6) is -0.237. The molecule has 3 rings (SSSR count). The third-order valence-corrected chi connectivity index (χ3v) is 6.58. The van der Waals surface area contributed by atoms with Crippen molar-refractivity contribution >= 4 is 5.96 Å². The Morgan fingerprint density at radius 3 is 2.09 bits per heavy atom. The molecule has 2 saturated heterocycles. The van der Waals surface area contributed by atoms with E-state index in [1.165, 1.54) is 6.92 Å². The van der Waals surface area contributed by atoms with Gasteiger partial charge in [0, 0.05) is 12.1 Å². The SMILES string of the molecule is C[C@@H](O)C1O[C@H](O[C@@H]2C(N)C[C@@H](N)C(O)[C@H]2O[C@@H]2O[C@H](CN=C(N)N)[C@H](O)C2O)C(N)[C@@H](O)[C@@H]1O. The summed E-state index contributed by atoms with van der Waals surface area (Å²) in [4.78, 5) is 3.76. The summed E-state index contributed by atoms with van der Waals surface area (Å²) in [6.07, 6.45) is -15.7. The van der Waals surface area contributed by atoms with Gasteiger partial charge >= 0.3 is 0 Å². The molecule has 1 aliphatic carbocycles. The molecule has 2 aliphatic heterocycles. The number of ether oxygens (including phenoxy) is 4. The van der Waals surface area contributed by atoms with Crippen LogP contribution in [0.5, 0.6) is 0 Å². The van der Waals surface area contributed by atoms with Crippen molar-refractivity contribution in [2.45, 2.75) is 105 Å². The summed E-state index contributed by atoms with van der Waals surface area (Å²) in [6.45, 7) is 1.21. The molecule has 0 bridgehead atoms. The molecular formula is C19H38N6O10. The van der Waals surface area contributed by atoms with Crippen molar-refractivity contribution in [1.29, 1.82) is 0 Å². The van der Waals surface area contributed by atoms with Gasteiger partial charge in [0.1, 0.15) is 48.8 Å². The summed E-state index contributed by atoms with van der Waals surface area (Å²) < 4.78 is 22.9. The van der Waals surface area contributed by atoms with E-state index in [2.05, 4.69) is 4.99 Å². The van der Waals surface area contributed by atoms with Crippen LogP contribution in [-0.2, 0) is 18.9 Å². The molecule has 16 heteroatoms. The molecule has 0 aromatic carbocycles. The van der Waals surface area contributed by atoms with Crippen LogP contribution < -0.4 is 28.7 Å². The molecule has 5 unspecified atom stereocenters. The van der Waals surface area contributed by atoms with Crippen molar-refractivity contribution in [1.82, 2.24) is 0 Å². The van der Waals surface area contributed by atoms with Crippen molar-refractivity contribution < 1.29 is 49.6 Å². The molecule has 0 radical (unpaired) electrons. The van der Waals surface area contributed by atoms with Gasteiger partial charge in [0.25, 0.3) is 0 Å². The first-order valence-electron chi connectivity index (χ1n) is 11.4. The highest BCUT2D eigenvalue weighted by Gasteiger charge is 2.52. The minimum absolute atomic E-state index is 0.114. The molecule has 2 heterocycles. The summed E-state index contributed by atoms with van der Waals surface area (Å²) >= 11 is 0. The maximum atomic E-state index is 10.8. The summed E-state index contributed by atoms with van der Waals surface area (Å²) in [5.41, 5.74) is 28.8. The van der Waals surface area contributed by atoms with Gasteiger partial charge in [-0.25, -0.2) is 0 Å². The summed E-state index contributed by atoms with van der Waals surface area (Å²) in [5, 5.41) is 61.9. The number of nitrogens with zero attached hydrogens (tertiary/aromatic N) is 1. The zero-order chi connectivity index (χ0) is 26.2. The Balaban J connectivity index is 1.78. The quantitative estimate of drug-likeness (QED) is 0.112. The van der Waals surface area contributed by atoms with Crippen LogP contribution in [0, 0.1) is 0 Å². The van der Waals surface area contributed by atoms with E-state index < -0.39 is 91.7 Å². The largest absolute Gasteiger partial charge is 0.391 e. The Morgan fingerprint density at radius 1 is 0.857 bits per heavy atom. The Labute approximate surface area is 201 Å². The second-order valence-corrected chi connectivity index (χ2v) is 9.31. The lowest BCUT2D eigenvalue weighted by atomic mass is 9.84. The van der Waals surface area contributed by atoms with Crippen LogP contribution in [0.4, 0.5) is 0 Å². The topological polar surface area (TPSA) is 301 Å². The molecule has 0 spiro atoms. The summed E-state index contributed by atoms with van der Waals surface area (Å²) in [7, 11) is 0. The molecule has 1 saturated carbocycles. The molecule has 3 fully saturated rings. The minimum atomic E-state index is -1.53. The van der Waals surface area contributed by atoms with Gasteiger partial charge < -0.3 is 78.3 Å². The van der Waals surface area contributed by atoms with Crippen molar-refractivity contribution in [3.63, 3.8) is 0 Å². The maximum Gasteiger partial charge on any atom is 0.187 e. The predicted octanol–water partition coefficient (Wildman–Crippen LogP) is -6.95. The number of aliphatic imine (C=N–C) groups is 1. The zero-order valence-corrected chi connectivity index (χ0v) is 19.2. The number of aliphatic hydroxyl groups excluding tert-OH is 6. The lowest BCUT2D eigenvalue weighted by molar-refractivity contribution is -0.315. The molecular weight excluding hydrogens is 472 g/mol. The maximum absolute atomic E-state index is 10.8. The highest BCUT2D eigenvalue weighted by atomic mass is 16.7. The lowest BCUT2D eigenvalue weighted by Gasteiger charge is -2.47. The van der Waals surface area contributed by atoms with E-state index in [0.717, 1.165) is 0 Å². The van der Waals surface area contributed by atoms with E-state index >= 15 is 0 Å². The first kappa shape index (κ1) is 28.3. The number of rotatable bonds is 7. The fourth-order valence-electron chi connectivity index (χ4n) is 4.52. The van der Waals surface area contributed by atoms with E-state index in [1.54, 1.807) is 0 Å². The van der Waals surface area contributed by atoms with Crippen molar-refractivity contribution in [2.24, 2.45) is 33.7 Å². The molecule has 0 amide bonds. The lowest BCUT2D eigenvalue weighted by Crippen LogP contribution is -2.68. The Kier molecular flexibility index (Phi) is 9.25. The monoisotopic (exact) mass is 510 g/mol. The van der Waals surface area contributed by atoms with Crippen LogP contribution in [0.2, 0.25) is 0 Å². The van der Waals surface area contributed by atoms with E-state index in [9.17, 15) is 30.6 Å². The van der Waals surface area contributed by atoms with Crippen LogP contribution in [-0.4, -0.2) is 135 Å². The highest BCUT2D eigenvalue weighted by molar-refractivity contribution is 5.75. The van der Waals surface area contributed by atoms with E-state index in [4.69, 9.17) is 47.6 Å². The smallest absolute Gasteiger partial charge is 0.187 e. The molecule has 35 heavy (non-hydrogen) atoms. The summed E-state index contributed by atoms with van der Waals surface area (Å²) in [6, 6.07) is -2.88. The third kappa shape index (κ3) is 6.02. The van der Waals surface area contributed by atoms with Crippen LogP contribution in [0.3, 0.4) is 0 Å². The van der Waals surface area contributed by atoms with Gasteiger partial charge in [-0.15, -0.1) is 0 Å². The van der Waals surface area contributed by atoms with Gasteiger partial charge in [-0.2, -0.15) is 0 Å². The zero-order valence-electron chi connectivity index (χ0n) is 19.2. The van der Waals surface area contributed by atoms with Crippen LogP contribution >= 0.6 is 0 Å². The Morgan fingerprint density at radius 2 is 1.49 bits per heavy atom. The predicted molar refractivity (Wildman–Crippen MR) is 118 cm³/mol. The van der Waals surface area contributed by atoms with Gasteiger partial charge in [0.2, 0.25) is 0 Å². The average Bonchev–Trinajstić information content (AvgIpc) is 3.05. The van der Waals surface area contributed by atoms with Gasteiger partial charge in [-0.1, -0.05) is 0 Å². The number of guanidine groups is 1. The second-order valence-electron chi connectivity index (χ2n) is 9.31. The number of hydrogen-bond donors (Lipinski definition) is 11. The van der Waals surface area contributed by atoms with Crippen LogP contribution in [0.25, 0.3) is 0 Å². The molecule has 15 atom stereocenters. The van der Waals surface area contributed by atoms with Gasteiger partial charge in [0.15, 0.2) is 18.5 Å². The molecule has 0 aromatic heterocycles. The van der Waals surface area contributed by atoms with Gasteiger partial charge in [-0.3, -0.25) is 4.99 Å². The third-order valence-electron chi connectivity index (χ3n) is 6.58. The molecule has 204 valence electrons. The molecule has 3 aliphatic rings. The van der Waals surface area contributed by atoms with E-state index in [0.29, 0.717) is 0 Å². The van der Waals surface area contributed by atoms with Crippen LogP contribution in [0.1, 0.15) is 13.3 Å². The molecule has 16 N–H and O–H groups in total. The first-order chi connectivity index (χ1) is 16.3. The minimum Gasteiger partial charge on any atom is -0.391 e.